The van der Waals surface area contributed by atoms with Gasteiger partial charge in [0.2, 0.25) is 0 Å². The first-order valence-electron chi connectivity index (χ1n) is 9.24. The molecule has 2 aromatic rings. The van der Waals surface area contributed by atoms with Gasteiger partial charge in [0.1, 0.15) is 12.3 Å². The molecule has 0 spiro atoms. The summed E-state index contributed by atoms with van der Waals surface area (Å²) < 4.78 is 44.2. The van der Waals surface area contributed by atoms with Crippen molar-refractivity contribution in [3.05, 3.63) is 59.0 Å². The van der Waals surface area contributed by atoms with Gasteiger partial charge in [0.05, 0.1) is 23.9 Å². The van der Waals surface area contributed by atoms with E-state index in [-0.39, 0.29) is 29.8 Å². The minimum atomic E-state index is -4.57. The van der Waals surface area contributed by atoms with Crippen molar-refractivity contribution in [3.8, 4) is 0 Å². The summed E-state index contributed by atoms with van der Waals surface area (Å²) in [6, 6.07) is 6.99. The van der Waals surface area contributed by atoms with E-state index >= 15 is 0 Å². The fraction of sp³-hybridized carbons (Fsp3) is 0.381. The summed E-state index contributed by atoms with van der Waals surface area (Å²) >= 11 is 0. The van der Waals surface area contributed by atoms with Crippen molar-refractivity contribution in [1.82, 2.24) is 9.80 Å². The van der Waals surface area contributed by atoms with E-state index in [4.69, 9.17) is 4.42 Å². The predicted octanol–water partition coefficient (Wildman–Crippen LogP) is 4.13. The lowest BCUT2D eigenvalue weighted by Gasteiger charge is -2.30. The zero-order valence-electron chi connectivity index (χ0n) is 16.7. The predicted molar refractivity (Wildman–Crippen MR) is 101 cm³/mol. The number of alkyl halides is 3. The molecule has 1 aliphatic rings. The van der Waals surface area contributed by atoms with Crippen LogP contribution in [0.4, 0.5) is 13.2 Å². The van der Waals surface area contributed by atoms with E-state index in [1.54, 1.807) is 32.9 Å². The molecular weight excluding hydrogens is 401 g/mol. The molecule has 2 heterocycles. The van der Waals surface area contributed by atoms with Crippen LogP contribution in [0.3, 0.4) is 0 Å². The Morgan fingerprint density at radius 2 is 1.70 bits per heavy atom. The number of hydrogen-bond donors (Lipinski definition) is 0. The van der Waals surface area contributed by atoms with Crippen molar-refractivity contribution < 1.29 is 32.0 Å². The van der Waals surface area contributed by atoms with Gasteiger partial charge in [0.25, 0.3) is 17.7 Å². The standard InChI is InChI=1S/C21H21F3N2O4/c1-20(2,3)11-25(12-21(22,23)24)17(27)13-6-7-15-16(9-13)19(29)26(18(15)28)10-14-5-4-8-30-14/h4-9H,10-12H2,1-3H3. The van der Waals surface area contributed by atoms with E-state index in [2.05, 4.69) is 0 Å². The first-order valence-corrected chi connectivity index (χ1v) is 9.24. The van der Waals surface area contributed by atoms with E-state index in [1.165, 1.54) is 24.5 Å². The number of hydrogen-bond acceptors (Lipinski definition) is 4. The molecule has 0 radical (unpaired) electrons. The molecular formula is C21H21F3N2O4. The Morgan fingerprint density at radius 1 is 1.03 bits per heavy atom. The first-order chi connectivity index (χ1) is 13.9. The van der Waals surface area contributed by atoms with Crippen LogP contribution in [-0.2, 0) is 6.54 Å². The molecule has 1 aromatic carbocycles. The highest BCUT2D eigenvalue weighted by atomic mass is 19.4. The summed E-state index contributed by atoms with van der Waals surface area (Å²) in [6.07, 6.45) is -3.15. The summed E-state index contributed by atoms with van der Waals surface area (Å²) in [5.74, 6) is -1.62. The number of rotatable bonds is 5. The van der Waals surface area contributed by atoms with Crippen LogP contribution in [0.5, 0.6) is 0 Å². The average molecular weight is 422 g/mol. The number of furan rings is 1. The van der Waals surface area contributed by atoms with Crippen LogP contribution in [0.2, 0.25) is 0 Å². The van der Waals surface area contributed by atoms with Crippen LogP contribution in [-0.4, -0.2) is 46.8 Å². The van der Waals surface area contributed by atoms with Crippen molar-refractivity contribution in [2.75, 3.05) is 13.1 Å². The summed E-state index contributed by atoms with van der Waals surface area (Å²) in [5.41, 5.74) is -0.562. The van der Waals surface area contributed by atoms with Crippen LogP contribution < -0.4 is 0 Å². The molecule has 0 unspecified atom stereocenters. The van der Waals surface area contributed by atoms with Gasteiger partial charge in [-0.25, -0.2) is 0 Å². The van der Waals surface area contributed by atoms with Gasteiger partial charge in [-0.05, 0) is 35.7 Å². The molecule has 1 aromatic heterocycles. The fourth-order valence-corrected chi connectivity index (χ4v) is 3.30. The van der Waals surface area contributed by atoms with Crippen LogP contribution in [0.15, 0.2) is 41.0 Å². The zero-order chi connectivity index (χ0) is 22.3. The highest BCUT2D eigenvalue weighted by Gasteiger charge is 2.38. The maximum absolute atomic E-state index is 13.0. The van der Waals surface area contributed by atoms with Gasteiger partial charge < -0.3 is 9.32 Å². The Morgan fingerprint density at radius 3 is 2.27 bits per heavy atom. The van der Waals surface area contributed by atoms with Gasteiger partial charge in [0, 0.05) is 12.1 Å². The third-order valence-electron chi connectivity index (χ3n) is 4.43. The Balaban J connectivity index is 1.88. The number of nitrogens with zero attached hydrogens (tertiary/aromatic N) is 2. The number of imide groups is 1. The van der Waals surface area contributed by atoms with Gasteiger partial charge >= 0.3 is 6.18 Å². The van der Waals surface area contributed by atoms with E-state index < -0.39 is 35.9 Å². The van der Waals surface area contributed by atoms with Crippen LogP contribution in [0, 0.1) is 5.41 Å². The smallest absolute Gasteiger partial charge is 0.406 e. The molecule has 0 aliphatic carbocycles. The molecule has 0 atom stereocenters. The SMILES string of the molecule is CC(C)(C)CN(CC(F)(F)F)C(=O)c1ccc2c(c1)C(=O)N(Cc1ccco1)C2=O. The van der Waals surface area contributed by atoms with E-state index in [1.807, 2.05) is 0 Å². The normalized spacial score (nSPS) is 14.3. The summed E-state index contributed by atoms with van der Waals surface area (Å²) in [4.78, 5) is 39.7. The lowest BCUT2D eigenvalue weighted by molar-refractivity contribution is -0.142. The van der Waals surface area contributed by atoms with Crippen molar-refractivity contribution in [1.29, 1.82) is 0 Å². The molecule has 30 heavy (non-hydrogen) atoms. The Bertz CT molecular complexity index is 959. The first kappa shape index (κ1) is 21.6. The third kappa shape index (κ3) is 4.72. The fourth-order valence-electron chi connectivity index (χ4n) is 3.30. The van der Waals surface area contributed by atoms with Crippen molar-refractivity contribution in [3.63, 3.8) is 0 Å². The number of amides is 3. The number of halogens is 3. The molecule has 9 heteroatoms. The number of benzene rings is 1. The zero-order valence-corrected chi connectivity index (χ0v) is 16.7. The number of carbonyl (C=O) groups excluding carboxylic acids is 3. The maximum Gasteiger partial charge on any atom is 0.406 e. The van der Waals surface area contributed by atoms with E-state index in [9.17, 15) is 27.6 Å². The number of fused-ring (bicyclic) bond motifs is 1. The van der Waals surface area contributed by atoms with E-state index in [0.717, 1.165) is 4.90 Å². The Kier molecular flexibility index (Phi) is 5.49. The van der Waals surface area contributed by atoms with Gasteiger partial charge in [-0.15, -0.1) is 0 Å². The minimum Gasteiger partial charge on any atom is -0.467 e. The molecule has 1 aliphatic heterocycles. The van der Waals surface area contributed by atoms with E-state index in [0.29, 0.717) is 10.7 Å². The molecule has 160 valence electrons. The molecule has 3 rings (SSSR count). The Labute approximate surface area is 171 Å². The second-order valence-corrected chi connectivity index (χ2v) is 8.37. The van der Waals surface area contributed by atoms with Gasteiger partial charge in [0.15, 0.2) is 0 Å². The van der Waals surface area contributed by atoms with Crippen LogP contribution in [0.1, 0.15) is 57.6 Å². The lowest BCUT2D eigenvalue weighted by atomic mass is 9.95. The second kappa shape index (κ2) is 7.62. The van der Waals surface area contributed by atoms with Crippen molar-refractivity contribution in [2.45, 2.75) is 33.5 Å². The quantitative estimate of drug-likeness (QED) is 0.680. The highest BCUT2D eigenvalue weighted by Crippen LogP contribution is 2.28. The van der Waals surface area contributed by atoms with Crippen molar-refractivity contribution >= 4 is 17.7 Å². The maximum atomic E-state index is 13.0. The van der Waals surface area contributed by atoms with Crippen LogP contribution >= 0.6 is 0 Å². The molecule has 0 saturated heterocycles. The van der Waals surface area contributed by atoms with Gasteiger partial charge in [-0.1, -0.05) is 20.8 Å². The summed E-state index contributed by atoms with van der Waals surface area (Å²) in [7, 11) is 0. The largest absolute Gasteiger partial charge is 0.467 e. The van der Waals surface area contributed by atoms with Gasteiger partial charge in [-0.2, -0.15) is 13.2 Å². The van der Waals surface area contributed by atoms with Gasteiger partial charge in [-0.3, -0.25) is 19.3 Å². The lowest BCUT2D eigenvalue weighted by Crippen LogP contribution is -2.43. The Hall–Kier alpha value is -3.10. The monoisotopic (exact) mass is 422 g/mol. The third-order valence-corrected chi connectivity index (χ3v) is 4.43. The molecule has 0 saturated carbocycles. The van der Waals surface area contributed by atoms with Crippen LogP contribution in [0.25, 0.3) is 0 Å². The molecule has 0 bridgehead atoms. The highest BCUT2D eigenvalue weighted by molar-refractivity contribution is 6.22. The molecule has 0 N–H and O–H groups in total. The molecule has 0 fully saturated rings. The summed E-state index contributed by atoms with van der Waals surface area (Å²) in [6.45, 7) is 3.56. The average Bonchev–Trinajstić information content (AvgIpc) is 3.21. The summed E-state index contributed by atoms with van der Waals surface area (Å²) in [5, 5.41) is 0. The molecule has 3 amide bonds. The molecule has 6 nitrogen and oxygen atoms in total. The number of carbonyl (C=O) groups is 3. The second-order valence-electron chi connectivity index (χ2n) is 8.37. The topological polar surface area (TPSA) is 70.8 Å². The van der Waals surface area contributed by atoms with Crippen molar-refractivity contribution in [2.24, 2.45) is 5.41 Å². The minimum absolute atomic E-state index is 0.0138.